The number of nitrogens with zero attached hydrogens (tertiary/aromatic N) is 1. The Morgan fingerprint density at radius 2 is 2.25 bits per heavy atom. The molecule has 0 aromatic carbocycles. The third-order valence-corrected chi connectivity index (χ3v) is 2.13. The summed E-state index contributed by atoms with van der Waals surface area (Å²) in [7, 11) is 0. The van der Waals surface area contributed by atoms with Gasteiger partial charge in [0.2, 0.25) is 5.91 Å². The number of amides is 1. The largest absolute Gasteiger partial charge is 0.480 e. The monoisotopic (exact) mass is 225 g/mol. The van der Waals surface area contributed by atoms with Crippen LogP contribution in [0.4, 0.5) is 0 Å². The number of aromatic nitrogens is 2. The zero-order valence-corrected chi connectivity index (χ0v) is 9.23. The number of carboxylic acids is 1. The molecular formula is C10H15N3O3. The van der Waals surface area contributed by atoms with Crippen LogP contribution in [0.3, 0.4) is 0 Å². The van der Waals surface area contributed by atoms with Crippen molar-refractivity contribution in [1.82, 2.24) is 15.3 Å². The maximum absolute atomic E-state index is 11.5. The molecule has 1 heterocycles. The van der Waals surface area contributed by atoms with Crippen LogP contribution in [-0.4, -0.2) is 33.0 Å². The third-order valence-electron chi connectivity index (χ3n) is 2.13. The number of hydrogen-bond acceptors (Lipinski definition) is 3. The van der Waals surface area contributed by atoms with E-state index in [9.17, 15) is 9.59 Å². The summed E-state index contributed by atoms with van der Waals surface area (Å²) in [5, 5.41) is 11.3. The first kappa shape index (κ1) is 12.2. The van der Waals surface area contributed by atoms with Crippen molar-refractivity contribution in [2.24, 2.45) is 5.92 Å². The lowest BCUT2D eigenvalue weighted by Gasteiger charge is -2.17. The van der Waals surface area contributed by atoms with Gasteiger partial charge in [0.05, 0.1) is 6.42 Å². The summed E-state index contributed by atoms with van der Waals surface area (Å²) in [6.45, 7) is 3.48. The van der Waals surface area contributed by atoms with Gasteiger partial charge in [-0.3, -0.25) is 4.79 Å². The molecule has 0 fully saturated rings. The highest BCUT2D eigenvalue weighted by atomic mass is 16.4. The Bertz CT molecular complexity index is 359. The lowest BCUT2D eigenvalue weighted by atomic mass is 10.0. The Morgan fingerprint density at radius 3 is 2.69 bits per heavy atom. The van der Waals surface area contributed by atoms with Crippen molar-refractivity contribution < 1.29 is 14.7 Å². The van der Waals surface area contributed by atoms with E-state index in [0.29, 0.717) is 5.82 Å². The van der Waals surface area contributed by atoms with Gasteiger partial charge in [-0.2, -0.15) is 0 Å². The Kier molecular flexibility index (Phi) is 4.04. The van der Waals surface area contributed by atoms with E-state index in [0.717, 1.165) is 0 Å². The molecule has 6 nitrogen and oxygen atoms in total. The highest BCUT2D eigenvalue weighted by Gasteiger charge is 2.23. The molecule has 1 atom stereocenters. The van der Waals surface area contributed by atoms with Crippen molar-refractivity contribution in [3.8, 4) is 0 Å². The van der Waals surface area contributed by atoms with Crippen LogP contribution in [0.15, 0.2) is 12.4 Å². The van der Waals surface area contributed by atoms with Gasteiger partial charge in [0, 0.05) is 12.4 Å². The standard InChI is InChI=1S/C10H15N3O3/c1-6(2)9(10(15)16)13-8(14)5-7-11-3-4-12-7/h3-4,6,9H,5H2,1-2H3,(H,11,12)(H,13,14)(H,15,16). The fourth-order valence-corrected chi connectivity index (χ4v) is 1.28. The summed E-state index contributed by atoms with van der Waals surface area (Å²) in [4.78, 5) is 29.0. The molecule has 3 N–H and O–H groups in total. The van der Waals surface area contributed by atoms with Gasteiger partial charge in [-0.25, -0.2) is 9.78 Å². The van der Waals surface area contributed by atoms with E-state index in [-0.39, 0.29) is 18.2 Å². The van der Waals surface area contributed by atoms with Crippen LogP contribution in [0.2, 0.25) is 0 Å². The third kappa shape index (κ3) is 3.38. The minimum absolute atomic E-state index is 0.0590. The van der Waals surface area contributed by atoms with E-state index >= 15 is 0 Å². The van der Waals surface area contributed by atoms with Gasteiger partial charge >= 0.3 is 5.97 Å². The van der Waals surface area contributed by atoms with Gasteiger partial charge in [-0.05, 0) is 5.92 Å². The Hall–Kier alpha value is -1.85. The maximum Gasteiger partial charge on any atom is 0.326 e. The number of imidazole rings is 1. The van der Waals surface area contributed by atoms with Gasteiger partial charge < -0.3 is 15.4 Å². The molecule has 0 spiro atoms. The number of aliphatic carboxylic acids is 1. The van der Waals surface area contributed by atoms with Crippen LogP contribution in [0, 0.1) is 5.92 Å². The SMILES string of the molecule is CC(C)C(NC(=O)Cc1ncc[nH]1)C(=O)O. The van der Waals surface area contributed by atoms with Crippen LogP contribution in [-0.2, 0) is 16.0 Å². The summed E-state index contributed by atoms with van der Waals surface area (Å²) in [6.07, 6.45) is 3.21. The minimum atomic E-state index is -1.03. The lowest BCUT2D eigenvalue weighted by molar-refractivity contribution is -0.143. The lowest BCUT2D eigenvalue weighted by Crippen LogP contribution is -2.45. The number of carbonyl (C=O) groups excluding carboxylic acids is 1. The van der Waals surface area contributed by atoms with Crippen molar-refractivity contribution >= 4 is 11.9 Å². The van der Waals surface area contributed by atoms with E-state index < -0.39 is 12.0 Å². The summed E-state index contributed by atoms with van der Waals surface area (Å²) < 4.78 is 0. The first-order chi connectivity index (χ1) is 7.50. The minimum Gasteiger partial charge on any atom is -0.480 e. The molecule has 0 saturated heterocycles. The average molecular weight is 225 g/mol. The number of H-pyrrole nitrogens is 1. The normalized spacial score (nSPS) is 12.4. The topological polar surface area (TPSA) is 95.1 Å². The number of carboxylic acid groups (broad SMARTS) is 1. The van der Waals surface area contributed by atoms with E-state index in [2.05, 4.69) is 15.3 Å². The second-order valence-corrected chi connectivity index (χ2v) is 3.84. The number of nitrogens with one attached hydrogen (secondary N) is 2. The summed E-state index contributed by atoms with van der Waals surface area (Å²) in [5.41, 5.74) is 0. The predicted molar refractivity (Wildman–Crippen MR) is 56.7 cm³/mol. The molecule has 1 aromatic heterocycles. The molecule has 0 aliphatic heterocycles. The fourth-order valence-electron chi connectivity index (χ4n) is 1.28. The molecule has 1 unspecified atom stereocenters. The zero-order chi connectivity index (χ0) is 12.1. The van der Waals surface area contributed by atoms with E-state index in [4.69, 9.17) is 5.11 Å². The molecule has 1 aromatic rings. The smallest absolute Gasteiger partial charge is 0.326 e. The molecule has 0 saturated carbocycles. The van der Waals surface area contributed by atoms with Crippen molar-refractivity contribution in [1.29, 1.82) is 0 Å². The van der Waals surface area contributed by atoms with E-state index in [1.54, 1.807) is 26.2 Å². The Morgan fingerprint density at radius 1 is 1.56 bits per heavy atom. The number of aromatic amines is 1. The molecule has 1 amide bonds. The number of rotatable bonds is 5. The van der Waals surface area contributed by atoms with Crippen molar-refractivity contribution in [3.05, 3.63) is 18.2 Å². The second kappa shape index (κ2) is 5.29. The number of hydrogen-bond donors (Lipinski definition) is 3. The van der Waals surface area contributed by atoms with Crippen LogP contribution in [0.1, 0.15) is 19.7 Å². The predicted octanol–water partition coefficient (Wildman–Crippen LogP) is 0.178. The molecule has 0 bridgehead atoms. The van der Waals surface area contributed by atoms with Crippen LogP contribution < -0.4 is 5.32 Å². The van der Waals surface area contributed by atoms with Crippen LogP contribution >= 0.6 is 0 Å². The van der Waals surface area contributed by atoms with Crippen molar-refractivity contribution in [2.75, 3.05) is 0 Å². The molecule has 1 rings (SSSR count). The van der Waals surface area contributed by atoms with E-state index in [1.165, 1.54) is 0 Å². The Labute approximate surface area is 93.1 Å². The first-order valence-electron chi connectivity index (χ1n) is 5.01. The van der Waals surface area contributed by atoms with Crippen molar-refractivity contribution in [2.45, 2.75) is 26.3 Å². The Balaban J connectivity index is 2.52. The molecule has 88 valence electrons. The fraction of sp³-hybridized carbons (Fsp3) is 0.500. The van der Waals surface area contributed by atoms with Gasteiger partial charge in [0.25, 0.3) is 0 Å². The first-order valence-corrected chi connectivity index (χ1v) is 5.01. The maximum atomic E-state index is 11.5. The average Bonchev–Trinajstić information content (AvgIpc) is 2.65. The molecule has 0 aliphatic rings. The number of carbonyl (C=O) groups is 2. The summed E-state index contributed by atoms with van der Waals surface area (Å²) in [6, 6.07) is -0.859. The van der Waals surface area contributed by atoms with Crippen LogP contribution in [0.25, 0.3) is 0 Å². The summed E-state index contributed by atoms with van der Waals surface area (Å²) >= 11 is 0. The van der Waals surface area contributed by atoms with Crippen molar-refractivity contribution in [3.63, 3.8) is 0 Å². The van der Waals surface area contributed by atoms with E-state index in [1.807, 2.05) is 0 Å². The highest BCUT2D eigenvalue weighted by Crippen LogP contribution is 2.02. The second-order valence-electron chi connectivity index (χ2n) is 3.84. The molecular weight excluding hydrogens is 210 g/mol. The molecule has 16 heavy (non-hydrogen) atoms. The highest BCUT2D eigenvalue weighted by molar-refractivity contribution is 5.84. The van der Waals surface area contributed by atoms with Gasteiger partial charge in [0.15, 0.2) is 0 Å². The van der Waals surface area contributed by atoms with Gasteiger partial charge in [-0.15, -0.1) is 0 Å². The van der Waals surface area contributed by atoms with Gasteiger partial charge in [-0.1, -0.05) is 13.8 Å². The van der Waals surface area contributed by atoms with Crippen LogP contribution in [0.5, 0.6) is 0 Å². The quantitative estimate of drug-likeness (QED) is 0.666. The molecule has 0 aliphatic carbocycles. The summed E-state index contributed by atoms with van der Waals surface area (Å²) in [5.74, 6) is -1.01. The molecule has 0 radical (unpaired) electrons. The zero-order valence-electron chi connectivity index (χ0n) is 9.23. The van der Waals surface area contributed by atoms with Gasteiger partial charge in [0.1, 0.15) is 11.9 Å². The molecule has 6 heteroatoms.